The minimum absolute atomic E-state index is 0.0828. The van der Waals surface area contributed by atoms with E-state index in [1.807, 2.05) is 0 Å². The summed E-state index contributed by atoms with van der Waals surface area (Å²) < 4.78 is 4.89. The summed E-state index contributed by atoms with van der Waals surface area (Å²) in [5.41, 5.74) is 8.82. The van der Waals surface area contributed by atoms with E-state index in [1.54, 1.807) is 43.4 Å². The molecule has 1 aliphatic rings. The number of nitrogens with zero attached hydrogens (tertiary/aromatic N) is 1. The third-order valence-corrected chi connectivity index (χ3v) is 5.58. The molecule has 3 rings (SSSR count). The Hall–Kier alpha value is -3.39. The van der Waals surface area contributed by atoms with Gasteiger partial charge in [-0.2, -0.15) is 0 Å². The van der Waals surface area contributed by atoms with Gasteiger partial charge in [-0.3, -0.25) is 14.5 Å². The molecule has 8 heteroatoms. The number of nitrogens with two attached hydrogens (primary N) is 1. The van der Waals surface area contributed by atoms with Crippen LogP contribution < -0.4 is 16.4 Å². The lowest BCUT2D eigenvalue weighted by atomic mass is 10.0. The second kappa shape index (κ2) is 10.8. The van der Waals surface area contributed by atoms with Crippen molar-refractivity contribution in [1.29, 1.82) is 0 Å². The molecule has 0 aromatic heterocycles. The van der Waals surface area contributed by atoms with Crippen LogP contribution in [-0.4, -0.2) is 49.9 Å². The molecule has 32 heavy (non-hydrogen) atoms. The van der Waals surface area contributed by atoms with Gasteiger partial charge in [0.1, 0.15) is 0 Å². The van der Waals surface area contributed by atoms with Gasteiger partial charge in [0.2, 0.25) is 0 Å². The van der Waals surface area contributed by atoms with Crippen LogP contribution in [0.2, 0.25) is 0 Å². The number of methoxy groups -OCH3 is 1. The van der Waals surface area contributed by atoms with Crippen LogP contribution in [0.4, 0.5) is 11.4 Å². The summed E-state index contributed by atoms with van der Waals surface area (Å²) in [6.45, 7) is 1.46. The molecule has 1 aliphatic heterocycles. The first-order valence-corrected chi connectivity index (χ1v) is 10.8. The van der Waals surface area contributed by atoms with Crippen LogP contribution in [0, 0.1) is 0 Å². The van der Waals surface area contributed by atoms with Crippen LogP contribution in [0.15, 0.2) is 36.4 Å². The van der Waals surface area contributed by atoms with E-state index in [1.165, 1.54) is 12.0 Å². The van der Waals surface area contributed by atoms with E-state index in [9.17, 15) is 14.4 Å². The average molecular weight is 439 g/mol. The van der Waals surface area contributed by atoms with Gasteiger partial charge >= 0.3 is 5.97 Å². The van der Waals surface area contributed by atoms with E-state index in [2.05, 4.69) is 10.6 Å². The first-order valence-electron chi connectivity index (χ1n) is 10.8. The number of carbonyl (C=O) groups is 3. The largest absolute Gasteiger partial charge is 0.465 e. The molecule has 0 fully saturated rings. The molecule has 2 aromatic rings. The number of amides is 2. The fourth-order valence-corrected chi connectivity index (χ4v) is 3.85. The number of fused-ring (bicyclic) bond motifs is 1. The number of carbonyl (C=O) groups excluding carboxylic acids is 3. The molecular weight excluding hydrogens is 408 g/mol. The van der Waals surface area contributed by atoms with Crippen molar-refractivity contribution in [3.05, 3.63) is 58.7 Å². The van der Waals surface area contributed by atoms with Gasteiger partial charge in [-0.15, -0.1) is 0 Å². The fourth-order valence-electron chi connectivity index (χ4n) is 3.85. The summed E-state index contributed by atoms with van der Waals surface area (Å²) in [7, 11) is 3.07. The Bertz CT molecular complexity index is 970. The Morgan fingerprint density at radius 1 is 1.00 bits per heavy atom. The Morgan fingerprint density at radius 3 is 2.22 bits per heavy atom. The first-order chi connectivity index (χ1) is 15.5. The van der Waals surface area contributed by atoms with Crippen molar-refractivity contribution in [3.63, 3.8) is 0 Å². The minimum Gasteiger partial charge on any atom is -0.465 e. The lowest BCUT2D eigenvalue weighted by Crippen LogP contribution is -2.30. The summed E-state index contributed by atoms with van der Waals surface area (Å²) in [6.07, 6.45) is 4.02. The molecule has 0 bridgehead atoms. The molecule has 0 radical (unpaired) electrons. The molecule has 170 valence electrons. The summed E-state index contributed by atoms with van der Waals surface area (Å²) in [5.74, 6) is -1.10. The molecule has 0 saturated heterocycles. The molecule has 0 unspecified atom stereocenters. The number of benzene rings is 2. The van der Waals surface area contributed by atoms with Crippen LogP contribution in [0.1, 0.15) is 62.3 Å². The zero-order valence-corrected chi connectivity index (χ0v) is 18.6. The number of imide groups is 1. The zero-order chi connectivity index (χ0) is 23.1. The third kappa shape index (κ3) is 4.91. The molecule has 8 nitrogen and oxygen atoms in total. The molecule has 4 N–H and O–H groups in total. The quantitative estimate of drug-likeness (QED) is 0.280. The van der Waals surface area contributed by atoms with Gasteiger partial charge in [0.25, 0.3) is 11.8 Å². The Morgan fingerprint density at radius 2 is 1.62 bits per heavy atom. The third-order valence-electron chi connectivity index (χ3n) is 5.58. The molecular formula is C24H30N4O4. The van der Waals surface area contributed by atoms with Gasteiger partial charge in [0.15, 0.2) is 0 Å². The highest BCUT2D eigenvalue weighted by Crippen LogP contribution is 2.32. The van der Waals surface area contributed by atoms with E-state index in [0.717, 1.165) is 31.2 Å². The molecule has 1 heterocycles. The molecule has 0 aliphatic carbocycles. The lowest BCUT2D eigenvalue weighted by molar-refractivity contribution is 0.0596. The number of anilines is 2. The maximum absolute atomic E-state index is 12.9. The van der Waals surface area contributed by atoms with Crippen LogP contribution in [0.25, 0.3) is 0 Å². The topological polar surface area (TPSA) is 114 Å². The number of rotatable bonds is 11. The normalized spacial score (nSPS) is 12.7. The standard InChI is InChI=1S/C24H30N4O4/c1-26-20-13-16(24(31)32-2)14-21(27-12-8-4-3-7-11-25)19(20)15-28-22(29)17-9-5-6-10-18(17)23(28)30/h5-6,9-10,13-14,26-27H,3-4,7-8,11-12,15,25H2,1-2H3. The van der Waals surface area contributed by atoms with Gasteiger partial charge in [-0.05, 0) is 43.7 Å². The van der Waals surface area contributed by atoms with Crippen molar-refractivity contribution in [2.24, 2.45) is 5.73 Å². The highest BCUT2D eigenvalue weighted by molar-refractivity contribution is 6.21. The van der Waals surface area contributed by atoms with Gasteiger partial charge in [-0.1, -0.05) is 25.0 Å². The highest BCUT2D eigenvalue weighted by atomic mass is 16.5. The van der Waals surface area contributed by atoms with Crippen molar-refractivity contribution < 1.29 is 19.1 Å². The number of unbranched alkanes of at least 4 members (excludes halogenated alkanes) is 3. The van der Waals surface area contributed by atoms with Crippen LogP contribution in [0.3, 0.4) is 0 Å². The maximum atomic E-state index is 12.9. The van der Waals surface area contributed by atoms with Gasteiger partial charge in [-0.25, -0.2) is 4.79 Å². The Labute approximate surface area is 188 Å². The zero-order valence-electron chi connectivity index (χ0n) is 18.6. The van der Waals surface area contributed by atoms with Crippen molar-refractivity contribution >= 4 is 29.2 Å². The van der Waals surface area contributed by atoms with Crippen molar-refractivity contribution in [1.82, 2.24) is 4.90 Å². The number of ether oxygens (including phenoxy) is 1. The molecule has 2 aromatic carbocycles. The smallest absolute Gasteiger partial charge is 0.337 e. The number of nitrogens with one attached hydrogen (secondary N) is 2. The van der Waals surface area contributed by atoms with E-state index >= 15 is 0 Å². The van der Waals surface area contributed by atoms with Gasteiger partial charge in [0, 0.05) is 30.5 Å². The highest BCUT2D eigenvalue weighted by Gasteiger charge is 2.36. The molecule has 0 spiro atoms. The van der Waals surface area contributed by atoms with Crippen molar-refractivity contribution in [3.8, 4) is 0 Å². The first kappa shape index (κ1) is 23.3. The summed E-state index contributed by atoms with van der Waals surface area (Å²) in [5, 5.41) is 6.47. The maximum Gasteiger partial charge on any atom is 0.337 e. The minimum atomic E-state index is -0.459. The SMILES string of the molecule is CNc1cc(C(=O)OC)cc(NCCCCCCN)c1CN1C(=O)c2ccccc2C1=O. The summed E-state index contributed by atoms with van der Waals surface area (Å²) in [4.78, 5) is 39.2. The van der Waals surface area contributed by atoms with E-state index in [4.69, 9.17) is 10.5 Å². The number of esters is 1. The van der Waals surface area contributed by atoms with Gasteiger partial charge in [0.05, 0.1) is 30.3 Å². The fraction of sp³-hybridized carbons (Fsp3) is 0.375. The van der Waals surface area contributed by atoms with E-state index in [0.29, 0.717) is 41.2 Å². The monoisotopic (exact) mass is 438 g/mol. The predicted octanol–water partition coefficient (Wildman–Crippen LogP) is 3.24. The Kier molecular flexibility index (Phi) is 7.83. The van der Waals surface area contributed by atoms with Crippen LogP contribution in [-0.2, 0) is 11.3 Å². The second-order valence-electron chi connectivity index (χ2n) is 7.66. The molecule has 0 atom stereocenters. The predicted molar refractivity (Wildman–Crippen MR) is 124 cm³/mol. The van der Waals surface area contributed by atoms with Crippen molar-refractivity contribution in [2.75, 3.05) is 37.9 Å². The lowest BCUT2D eigenvalue weighted by Gasteiger charge is -2.22. The molecule has 0 saturated carbocycles. The van der Waals surface area contributed by atoms with E-state index in [-0.39, 0.29) is 18.4 Å². The number of hydrogen-bond acceptors (Lipinski definition) is 7. The number of hydrogen-bond donors (Lipinski definition) is 3. The van der Waals surface area contributed by atoms with Crippen LogP contribution in [0.5, 0.6) is 0 Å². The van der Waals surface area contributed by atoms with Gasteiger partial charge < -0.3 is 21.1 Å². The summed E-state index contributed by atoms with van der Waals surface area (Å²) in [6, 6.07) is 10.2. The molecule has 2 amide bonds. The van der Waals surface area contributed by atoms with Crippen LogP contribution >= 0.6 is 0 Å². The average Bonchev–Trinajstić information content (AvgIpc) is 3.06. The van der Waals surface area contributed by atoms with E-state index < -0.39 is 5.97 Å². The summed E-state index contributed by atoms with van der Waals surface area (Å²) >= 11 is 0. The Balaban J connectivity index is 1.88. The van der Waals surface area contributed by atoms with Crippen molar-refractivity contribution in [2.45, 2.75) is 32.2 Å². The second-order valence-corrected chi connectivity index (χ2v) is 7.66.